The highest BCUT2D eigenvalue weighted by molar-refractivity contribution is 5.82. The lowest BCUT2D eigenvalue weighted by molar-refractivity contribution is -0.167. The Labute approximate surface area is 145 Å². The third-order valence-electron chi connectivity index (χ3n) is 4.26. The van der Waals surface area contributed by atoms with E-state index in [1.807, 2.05) is 6.07 Å². The number of unbranched alkanes of at least 4 members (excludes halogenated alkanes) is 5. The van der Waals surface area contributed by atoms with E-state index < -0.39 is 5.92 Å². The van der Waals surface area contributed by atoms with Crippen LogP contribution in [-0.2, 0) is 4.79 Å². The number of hydroxylamine groups is 2. The van der Waals surface area contributed by atoms with Crippen molar-refractivity contribution >= 4 is 5.91 Å². The molecule has 1 unspecified atom stereocenters. The van der Waals surface area contributed by atoms with E-state index in [1.165, 1.54) is 19.3 Å². The predicted octanol–water partition coefficient (Wildman–Crippen LogP) is 4.39. The Bertz CT molecular complexity index is 504. The van der Waals surface area contributed by atoms with Crippen molar-refractivity contribution in [3.05, 3.63) is 23.8 Å². The lowest BCUT2D eigenvalue weighted by Crippen LogP contribution is -2.32. The maximum atomic E-state index is 12.4. The molecule has 1 atom stereocenters. The van der Waals surface area contributed by atoms with Gasteiger partial charge in [-0.2, -0.15) is 0 Å². The summed E-state index contributed by atoms with van der Waals surface area (Å²) < 4.78 is 10.5. The fourth-order valence-corrected chi connectivity index (χ4v) is 2.64. The molecule has 0 bridgehead atoms. The number of rotatable bonds is 11. The number of methoxy groups -OCH3 is 2. The van der Waals surface area contributed by atoms with E-state index in [0.29, 0.717) is 18.0 Å². The van der Waals surface area contributed by atoms with Gasteiger partial charge in [0, 0.05) is 6.54 Å². The van der Waals surface area contributed by atoms with Crippen molar-refractivity contribution in [3.63, 3.8) is 0 Å². The summed E-state index contributed by atoms with van der Waals surface area (Å²) in [5, 5.41) is 10.9. The predicted molar refractivity (Wildman–Crippen MR) is 94.8 cm³/mol. The normalized spacial score (nSPS) is 11.9. The molecule has 0 radical (unpaired) electrons. The maximum absolute atomic E-state index is 12.4. The minimum absolute atomic E-state index is 0.296. The van der Waals surface area contributed by atoms with Crippen LogP contribution in [0.5, 0.6) is 11.5 Å². The molecule has 5 nitrogen and oxygen atoms in total. The first-order chi connectivity index (χ1) is 11.5. The van der Waals surface area contributed by atoms with Crippen LogP contribution in [0.4, 0.5) is 0 Å². The molecule has 1 aromatic carbocycles. The van der Waals surface area contributed by atoms with E-state index in [1.54, 1.807) is 33.3 Å². The van der Waals surface area contributed by atoms with Crippen LogP contribution in [0, 0.1) is 0 Å². The average Bonchev–Trinajstić information content (AvgIpc) is 2.62. The smallest absolute Gasteiger partial charge is 0.253 e. The maximum Gasteiger partial charge on any atom is 0.253 e. The van der Waals surface area contributed by atoms with Gasteiger partial charge in [0.15, 0.2) is 11.5 Å². The Morgan fingerprint density at radius 1 is 1.08 bits per heavy atom. The largest absolute Gasteiger partial charge is 0.493 e. The molecule has 0 saturated heterocycles. The van der Waals surface area contributed by atoms with Gasteiger partial charge in [-0.15, -0.1) is 0 Å². The minimum atomic E-state index is -0.435. The third kappa shape index (κ3) is 6.04. The van der Waals surface area contributed by atoms with Crippen LogP contribution in [0.3, 0.4) is 0 Å². The molecule has 0 aliphatic heterocycles. The SMILES string of the molecule is CCCCCCCCN(O)C(=O)C(C)c1ccc(OC)c(OC)c1. The summed E-state index contributed by atoms with van der Waals surface area (Å²) in [6.07, 6.45) is 6.70. The summed E-state index contributed by atoms with van der Waals surface area (Å²) in [5.74, 6) is 0.467. The topological polar surface area (TPSA) is 59.0 Å². The molecule has 1 rings (SSSR count). The van der Waals surface area contributed by atoms with Gasteiger partial charge in [-0.1, -0.05) is 45.1 Å². The Morgan fingerprint density at radius 2 is 1.71 bits per heavy atom. The number of carbonyl (C=O) groups is 1. The van der Waals surface area contributed by atoms with E-state index in [9.17, 15) is 10.0 Å². The molecular formula is C19H31NO4. The van der Waals surface area contributed by atoms with E-state index >= 15 is 0 Å². The molecule has 136 valence electrons. The first-order valence-corrected chi connectivity index (χ1v) is 8.77. The number of benzene rings is 1. The van der Waals surface area contributed by atoms with Gasteiger partial charge in [-0.3, -0.25) is 10.0 Å². The van der Waals surface area contributed by atoms with E-state index in [2.05, 4.69) is 6.92 Å². The average molecular weight is 337 g/mol. The monoisotopic (exact) mass is 337 g/mol. The van der Waals surface area contributed by atoms with Crippen molar-refractivity contribution in [2.75, 3.05) is 20.8 Å². The summed E-state index contributed by atoms with van der Waals surface area (Å²) in [7, 11) is 3.13. The van der Waals surface area contributed by atoms with E-state index in [0.717, 1.165) is 29.9 Å². The fraction of sp³-hybridized carbons (Fsp3) is 0.632. The molecular weight excluding hydrogens is 306 g/mol. The van der Waals surface area contributed by atoms with Gasteiger partial charge in [0.1, 0.15) is 0 Å². The van der Waals surface area contributed by atoms with Crippen LogP contribution < -0.4 is 9.47 Å². The minimum Gasteiger partial charge on any atom is -0.493 e. The van der Waals surface area contributed by atoms with Crippen LogP contribution in [0.15, 0.2) is 18.2 Å². The molecule has 0 aromatic heterocycles. The Hall–Kier alpha value is -1.75. The molecule has 0 aliphatic rings. The quantitative estimate of drug-likeness (QED) is 0.370. The zero-order valence-corrected chi connectivity index (χ0v) is 15.4. The zero-order chi connectivity index (χ0) is 17.9. The number of ether oxygens (including phenoxy) is 2. The van der Waals surface area contributed by atoms with E-state index in [-0.39, 0.29) is 5.91 Å². The van der Waals surface area contributed by atoms with Gasteiger partial charge in [0.05, 0.1) is 20.1 Å². The third-order valence-corrected chi connectivity index (χ3v) is 4.26. The van der Waals surface area contributed by atoms with Gasteiger partial charge in [0.25, 0.3) is 5.91 Å². The molecule has 0 aliphatic carbocycles. The van der Waals surface area contributed by atoms with E-state index in [4.69, 9.17) is 9.47 Å². The number of hydrogen-bond acceptors (Lipinski definition) is 4. The highest BCUT2D eigenvalue weighted by atomic mass is 16.5. The highest BCUT2D eigenvalue weighted by Gasteiger charge is 2.21. The summed E-state index contributed by atoms with van der Waals surface area (Å²) >= 11 is 0. The summed E-state index contributed by atoms with van der Waals surface area (Å²) in [6, 6.07) is 5.37. The number of carbonyl (C=O) groups excluding carboxylic acids is 1. The Morgan fingerprint density at radius 3 is 2.33 bits per heavy atom. The van der Waals surface area contributed by atoms with Crippen molar-refractivity contribution in [3.8, 4) is 11.5 Å². The van der Waals surface area contributed by atoms with Crippen molar-refractivity contribution in [2.24, 2.45) is 0 Å². The fourth-order valence-electron chi connectivity index (χ4n) is 2.64. The van der Waals surface area contributed by atoms with Crippen molar-refractivity contribution in [1.29, 1.82) is 0 Å². The second-order valence-corrected chi connectivity index (χ2v) is 6.07. The van der Waals surface area contributed by atoms with Crippen LogP contribution >= 0.6 is 0 Å². The number of hydrogen-bond donors (Lipinski definition) is 1. The molecule has 5 heteroatoms. The Kier molecular flexibility index (Phi) is 9.23. The van der Waals surface area contributed by atoms with Gasteiger partial charge in [-0.05, 0) is 31.0 Å². The lowest BCUT2D eigenvalue weighted by atomic mass is 9.99. The molecule has 1 aromatic rings. The summed E-state index contributed by atoms with van der Waals surface area (Å²) in [4.78, 5) is 12.4. The first-order valence-electron chi connectivity index (χ1n) is 8.77. The van der Waals surface area contributed by atoms with Gasteiger partial charge in [0.2, 0.25) is 0 Å². The number of nitrogens with zero attached hydrogens (tertiary/aromatic N) is 1. The molecule has 1 amide bonds. The molecule has 0 heterocycles. The Balaban J connectivity index is 2.54. The second kappa shape index (κ2) is 10.9. The zero-order valence-electron chi connectivity index (χ0n) is 15.4. The first kappa shape index (κ1) is 20.3. The second-order valence-electron chi connectivity index (χ2n) is 6.07. The van der Waals surface area contributed by atoms with Crippen LogP contribution in [0.25, 0.3) is 0 Å². The lowest BCUT2D eigenvalue weighted by Gasteiger charge is -2.20. The standard InChI is InChI=1S/C19H31NO4/c1-5-6-7-8-9-10-13-20(22)19(21)15(2)16-11-12-17(23-3)18(14-16)24-4/h11-12,14-15,22H,5-10,13H2,1-4H3. The van der Waals surface area contributed by atoms with Gasteiger partial charge in [-0.25, -0.2) is 5.06 Å². The van der Waals surface area contributed by atoms with Crippen molar-refractivity contribution < 1.29 is 19.5 Å². The summed E-state index contributed by atoms with van der Waals surface area (Å²) in [5.41, 5.74) is 0.791. The molecule has 0 saturated carbocycles. The summed E-state index contributed by atoms with van der Waals surface area (Å²) in [6.45, 7) is 4.35. The highest BCUT2D eigenvalue weighted by Crippen LogP contribution is 2.31. The molecule has 0 fully saturated rings. The molecule has 1 N–H and O–H groups in total. The van der Waals surface area contributed by atoms with Crippen LogP contribution in [0.1, 0.15) is 63.9 Å². The van der Waals surface area contributed by atoms with Gasteiger partial charge >= 0.3 is 0 Å². The van der Waals surface area contributed by atoms with Crippen LogP contribution in [0.2, 0.25) is 0 Å². The molecule has 0 spiro atoms. The van der Waals surface area contributed by atoms with Crippen LogP contribution in [-0.4, -0.2) is 36.9 Å². The van der Waals surface area contributed by atoms with Crippen molar-refractivity contribution in [1.82, 2.24) is 5.06 Å². The number of amides is 1. The van der Waals surface area contributed by atoms with Crippen molar-refractivity contribution in [2.45, 2.75) is 58.3 Å². The molecule has 24 heavy (non-hydrogen) atoms. The van der Waals surface area contributed by atoms with Gasteiger partial charge < -0.3 is 9.47 Å².